The monoisotopic (exact) mass is 449 g/mol. The molecule has 0 saturated carbocycles. The molecule has 10 heteroatoms. The quantitative estimate of drug-likeness (QED) is 0.448. The predicted molar refractivity (Wildman–Crippen MR) is 118 cm³/mol. The van der Waals surface area contributed by atoms with Crippen LogP contribution >= 0.6 is 0 Å². The maximum atomic E-state index is 12.1. The van der Waals surface area contributed by atoms with E-state index in [-0.39, 0.29) is 18.4 Å². The fraction of sp³-hybridized carbons (Fsp3) is 0.333. The number of hydrogen-bond donors (Lipinski definition) is 3. The van der Waals surface area contributed by atoms with Gasteiger partial charge in [0.2, 0.25) is 15.9 Å². The maximum absolute atomic E-state index is 12.1. The molecule has 2 amide bonds. The van der Waals surface area contributed by atoms with Crippen LogP contribution in [0.1, 0.15) is 22.3 Å². The molecule has 168 valence electrons. The zero-order valence-corrected chi connectivity index (χ0v) is 18.5. The highest BCUT2D eigenvalue weighted by molar-refractivity contribution is 7.92. The first-order valence-corrected chi connectivity index (χ1v) is 11.4. The summed E-state index contributed by atoms with van der Waals surface area (Å²) >= 11 is 0. The Labute approximate surface area is 182 Å². The average Bonchev–Trinajstić information content (AvgIpc) is 2.74. The average molecular weight is 450 g/mol. The van der Waals surface area contributed by atoms with Crippen LogP contribution in [0.25, 0.3) is 0 Å². The van der Waals surface area contributed by atoms with Crippen LogP contribution < -0.4 is 24.8 Å². The lowest BCUT2D eigenvalue weighted by Crippen LogP contribution is -2.34. The standard InChI is InChI=1S/C21H27N3O6S/c1-29-18-10-4-15(14-19(18)30-2)5-11-20(25)22-12-13-23-21(26)16-6-8-17(9-7-16)24-31(3,27)28/h4,6-10,14,24H,5,11-13H2,1-3H3,(H,22,25)(H,23,26). The van der Waals surface area contributed by atoms with Gasteiger partial charge in [-0.1, -0.05) is 6.07 Å². The summed E-state index contributed by atoms with van der Waals surface area (Å²) in [6, 6.07) is 11.6. The molecule has 0 fully saturated rings. The van der Waals surface area contributed by atoms with Crippen LogP contribution in [-0.4, -0.2) is 53.8 Å². The minimum absolute atomic E-state index is 0.125. The Morgan fingerprint density at radius 2 is 1.55 bits per heavy atom. The Kier molecular flexibility index (Phi) is 8.68. The molecule has 2 aromatic carbocycles. The Morgan fingerprint density at radius 3 is 2.16 bits per heavy atom. The van der Waals surface area contributed by atoms with Crippen molar-refractivity contribution in [1.29, 1.82) is 0 Å². The number of ether oxygens (including phenoxy) is 2. The Morgan fingerprint density at radius 1 is 0.903 bits per heavy atom. The van der Waals surface area contributed by atoms with Gasteiger partial charge in [-0.15, -0.1) is 0 Å². The van der Waals surface area contributed by atoms with E-state index in [2.05, 4.69) is 15.4 Å². The van der Waals surface area contributed by atoms with E-state index >= 15 is 0 Å². The number of sulfonamides is 1. The smallest absolute Gasteiger partial charge is 0.251 e. The van der Waals surface area contributed by atoms with Crippen molar-refractivity contribution in [2.45, 2.75) is 12.8 Å². The Bertz CT molecular complexity index is 1010. The lowest BCUT2D eigenvalue weighted by Gasteiger charge is -2.10. The molecule has 0 aliphatic heterocycles. The third-order valence-corrected chi connectivity index (χ3v) is 4.88. The van der Waals surface area contributed by atoms with Gasteiger partial charge in [0.1, 0.15) is 0 Å². The van der Waals surface area contributed by atoms with Crippen molar-refractivity contribution in [3.05, 3.63) is 53.6 Å². The van der Waals surface area contributed by atoms with Crippen molar-refractivity contribution in [2.24, 2.45) is 0 Å². The second-order valence-electron chi connectivity index (χ2n) is 6.75. The summed E-state index contributed by atoms with van der Waals surface area (Å²) in [5, 5.41) is 5.46. The SMILES string of the molecule is COc1ccc(CCC(=O)NCCNC(=O)c2ccc(NS(C)(=O)=O)cc2)cc1OC. The molecule has 0 aromatic heterocycles. The number of aryl methyl sites for hydroxylation is 1. The molecule has 9 nitrogen and oxygen atoms in total. The molecule has 0 radical (unpaired) electrons. The van der Waals surface area contributed by atoms with Crippen LogP contribution in [0.5, 0.6) is 11.5 Å². The van der Waals surface area contributed by atoms with Gasteiger partial charge in [0, 0.05) is 30.8 Å². The highest BCUT2D eigenvalue weighted by Gasteiger charge is 2.09. The topological polar surface area (TPSA) is 123 Å². The molecule has 2 rings (SSSR count). The summed E-state index contributed by atoms with van der Waals surface area (Å²) < 4.78 is 35.2. The highest BCUT2D eigenvalue weighted by Crippen LogP contribution is 2.27. The van der Waals surface area contributed by atoms with E-state index in [4.69, 9.17) is 9.47 Å². The minimum atomic E-state index is -3.37. The Balaban J connectivity index is 1.71. The number of carbonyl (C=O) groups is 2. The lowest BCUT2D eigenvalue weighted by molar-refractivity contribution is -0.121. The molecule has 2 aromatic rings. The normalized spacial score (nSPS) is 10.8. The van der Waals surface area contributed by atoms with Gasteiger partial charge < -0.3 is 20.1 Å². The largest absolute Gasteiger partial charge is 0.493 e. The molecule has 0 atom stereocenters. The van der Waals surface area contributed by atoms with Gasteiger partial charge in [0.15, 0.2) is 11.5 Å². The summed E-state index contributed by atoms with van der Waals surface area (Å²) in [4.78, 5) is 24.1. The molecule has 0 spiro atoms. The number of hydrogen-bond acceptors (Lipinski definition) is 6. The number of anilines is 1. The van der Waals surface area contributed by atoms with E-state index in [0.717, 1.165) is 11.8 Å². The van der Waals surface area contributed by atoms with Gasteiger partial charge >= 0.3 is 0 Å². The van der Waals surface area contributed by atoms with Crippen LogP contribution in [0.2, 0.25) is 0 Å². The van der Waals surface area contributed by atoms with Gasteiger partial charge in [-0.25, -0.2) is 8.42 Å². The predicted octanol–water partition coefficient (Wildman–Crippen LogP) is 1.55. The molecular formula is C21H27N3O6S. The van der Waals surface area contributed by atoms with E-state index in [0.29, 0.717) is 42.1 Å². The Hall–Kier alpha value is -3.27. The number of carbonyl (C=O) groups excluding carboxylic acids is 2. The molecular weight excluding hydrogens is 422 g/mol. The number of amides is 2. The van der Waals surface area contributed by atoms with E-state index in [9.17, 15) is 18.0 Å². The molecule has 0 bridgehead atoms. The molecule has 0 heterocycles. The number of methoxy groups -OCH3 is 2. The number of rotatable bonds is 11. The van der Waals surface area contributed by atoms with E-state index < -0.39 is 10.0 Å². The van der Waals surface area contributed by atoms with Gasteiger partial charge in [-0.3, -0.25) is 14.3 Å². The van der Waals surface area contributed by atoms with Crippen LogP contribution in [-0.2, 0) is 21.2 Å². The molecule has 0 aliphatic carbocycles. The van der Waals surface area contributed by atoms with Crippen molar-refractivity contribution in [1.82, 2.24) is 10.6 Å². The third kappa shape index (κ3) is 8.17. The van der Waals surface area contributed by atoms with Crippen LogP contribution in [0.4, 0.5) is 5.69 Å². The van der Waals surface area contributed by atoms with Gasteiger partial charge in [-0.05, 0) is 48.4 Å². The summed E-state index contributed by atoms with van der Waals surface area (Å²) in [5.74, 6) is 0.807. The van der Waals surface area contributed by atoms with Crippen molar-refractivity contribution in [3.8, 4) is 11.5 Å². The first-order valence-electron chi connectivity index (χ1n) is 9.55. The van der Waals surface area contributed by atoms with Gasteiger partial charge in [0.05, 0.1) is 20.5 Å². The second-order valence-corrected chi connectivity index (χ2v) is 8.50. The van der Waals surface area contributed by atoms with E-state index in [1.807, 2.05) is 12.1 Å². The zero-order valence-electron chi connectivity index (χ0n) is 17.7. The third-order valence-electron chi connectivity index (χ3n) is 4.27. The van der Waals surface area contributed by atoms with Crippen LogP contribution in [0.3, 0.4) is 0 Å². The highest BCUT2D eigenvalue weighted by atomic mass is 32.2. The summed E-state index contributed by atoms with van der Waals surface area (Å²) in [5.41, 5.74) is 1.72. The molecule has 0 saturated heterocycles. The summed E-state index contributed by atoms with van der Waals surface area (Å²) in [6.07, 6.45) is 1.90. The zero-order chi connectivity index (χ0) is 22.9. The number of nitrogens with one attached hydrogen (secondary N) is 3. The van der Waals surface area contributed by atoms with Crippen LogP contribution in [0, 0.1) is 0 Å². The van der Waals surface area contributed by atoms with Gasteiger partial charge in [0.25, 0.3) is 5.91 Å². The van der Waals surface area contributed by atoms with Crippen molar-refractivity contribution < 1.29 is 27.5 Å². The minimum Gasteiger partial charge on any atom is -0.493 e. The molecule has 0 aliphatic rings. The van der Waals surface area contributed by atoms with E-state index in [1.165, 1.54) is 24.3 Å². The fourth-order valence-electron chi connectivity index (χ4n) is 2.77. The second kappa shape index (κ2) is 11.2. The van der Waals surface area contributed by atoms with E-state index in [1.54, 1.807) is 20.3 Å². The van der Waals surface area contributed by atoms with Gasteiger partial charge in [-0.2, -0.15) is 0 Å². The summed E-state index contributed by atoms with van der Waals surface area (Å²) in [7, 11) is -0.244. The first kappa shape index (κ1) is 24.0. The summed E-state index contributed by atoms with van der Waals surface area (Å²) in [6.45, 7) is 0.564. The molecule has 3 N–H and O–H groups in total. The van der Waals surface area contributed by atoms with Crippen molar-refractivity contribution in [2.75, 3.05) is 38.3 Å². The maximum Gasteiger partial charge on any atom is 0.251 e. The lowest BCUT2D eigenvalue weighted by atomic mass is 10.1. The molecule has 31 heavy (non-hydrogen) atoms. The first-order chi connectivity index (χ1) is 14.7. The van der Waals surface area contributed by atoms with Crippen molar-refractivity contribution >= 4 is 27.5 Å². The van der Waals surface area contributed by atoms with Crippen molar-refractivity contribution in [3.63, 3.8) is 0 Å². The molecule has 0 unspecified atom stereocenters. The van der Waals surface area contributed by atoms with Crippen LogP contribution in [0.15, 0.2) is 42.5 Å². The number of benzene rings is 2. The fourth-order valence-corrected chi connectivity index (χ4v) is 3.33.